The number of rotatable bonds is 3. The van der Waals surface area contributed by atoms with E-state index in [2.05, 4.69) is 11.9 Å². The highest BCUT2D eigenvalue weighted by Crippen LogP contribution is 2.32. The lowest BCUT2D eigenvalue weighted by atomic mass is 10.1. The van der Waals surface area contributed by atoms with Crippen molar-refractivity contribution in [2.75, 3.05) is 31.6 Å². The second kappa shape index (κ2) is 6.84. The number of urea groups is 1. The summed E-state index contributed by atoms with van der Waals surface area (Å²) in [5.74, 6) is -0.726. The molecule has 152 valence electrons. The van der Waals surface area contributed by atoms with Gasteiger partial charge in [-0.1, -0.05) is 29.6 Å². The second-order valence-corrected chi connectivity index (χ2v) is 7.99. The zero-order valence-electron chi connectivity index (χ0n) is 16.3. The first-order valence-corrected chi connectivity index (χ1v) is 9.64. The summed E-state index contributed by atoms with van der Waals surface area (Å²) in [6.45, 7) is 4.56. The highest BCUT2D eigenvalue weighted by molar-refractivity contribution is 6.32. The first kappa shape index (κ1) is 19.4. The van der Waals surface area contributed by atoms with Crippen LogP contribution in [0.5, 0.6) is 0 Å². The van der Waals surface area contributed by atoms with Gasteiger partial charge in [-0.3, -0.25) is 14.5 Å². The number of guanidine groups is 1. The van der Waals surface area contributed by atoms with Crippen LogP contribution in [0, 0.1) is 12.8 Å². The molecule has 0 aromatic heterocycles. The van der Waals surface area contributed by atoms with Crippen molar-refractivity contribution < 1.29 is 24.1 Å². The smallest absolute Gasteiger partial charge is 0.397 e. The fraction of sp³-hybridized carbons (Fsp3) is 0.421. The van der Waals surface area contributed by atoms with Gasteiger partial charge >= 0.3 is 18.0 Å². The first-order chi connectivity index (χ1) is 13.7. The van der Waals surface area contributed by atoms with Gasteiger partial charge < -0.3 is 5.11 Å². The van der Waals surface area contributed by atoms with Crippen LogP contribution in [-0.2, 0) is 9.59 Å². The number of imide groups is 1. The highest BCUT2D eigenvalue weighted by Gasteiger charge is 2.55. The SMILES string of the molecule is Cc1c(Cl)cccc1N1CC(C)C[N+]2=C1N=C1C2C(=O)N(CC(=O)O)C(=O)N1C. The zero-order chi connectivity index (χ0) is 21.0. The monoisotopic (exact) mass is 418 g/mol. The molecule has 1 N–H and O–H groups in total. The molecule has 29 heavy (non-hydrogen) atoms. The summed E-state index contributed by atoms with van der Waals surface area (Å²) in [7, 11) is 1.51. The Morgan fingerprint density at radius 1 is 1.38 bits per heavy atom. The van der Waals surface area contributed by atoms with Crippen LogP contribution < -0.4 is 4.90 Å². The summed E-state index contributed by atoms with van der Waals surface area (Å²) in [5.41, 5.74) is 1.78. The van der Waals surface area contributed by atoms with Crippen LogP contribution in [0.2, 0.25) is 5.02 Å². The van der Waals surface area contributed by atoms with E-state index in [1.807, 2.05) is 34.6 Å². The number of carbonyl (C=O) groups excluding carboxylic acids is 2. The normalized spacial score (nSPS) is 24.0. The molecule has 0 bridgehead atoms. The number of hydrogen-bond donors (Lipinski definition) is 1. The zero-order valence-corrected chi connectivity index (χ0v) is 17.0. The van der Waals surface area contributed by atoms with E-state index in [1.54, 1.807) is 0 Å². The van der Waals surface area contributed by atoms with Gasteiger partial charge in [-0.05, 0) is 19.1 Å². The number of benzene rings is 1. The molecule has 3 amide bonds. The number of carboxylic acids is 1. The van der Waals surface area contributed by atoms with Crippen molar-refractivity contribution in [3.05, 3.63) is 28.8 Å². The molecule has 2 unspecified atom stereocenters. The highest BCUT2D eigenvalue weighted by atomic mass is 35.5. The van der Waals surface area contributed by atoms with Crippen LogP contribution in [0.1, 0.15) is 12.5 Å². The molecule has 0 spiro atoms. The number of aliphatic carboxylic acids is 1. The van der Waals surface area contributed by atoms with E-state index in [4.69, 9.17) is 16.7 Å². The number of carboxylic acid groups (broad SMARTS) is 1. The largest absolute Gasteiger partial charge is 0.480 e. The van der Waals surface area contributed by atoms with Gasteiger partial charge in [-0.15, -0.1) is 0 Å². The third-order valence-corrected chi connectivity index (χ3v) is 5.87. The average molecular weight is 419 g/mol. The van der Waals surface area contributed by atoms with Gasteiger partial charge in [0.15, 0.2) is 0 Å². The molecule has 1 aromatic rings. The Hall–Kier alpha value is -2.94. The minimum absolute atomic E-state index is 0.204. The molecule has 3 aliphatic heterocycles. The molecular weight excluding hydrogens is 398 g/mol. The predicted molar refractivity (Wildman–Crippen MR) is 107 cm³/mol. The van der Waals surface area contributed by atoms with Gasteiger partial charge in [0.25, 0.3) is 5.91 Å². The van der Waals surface area contributed by atoms with E-state index in [-0.39, 0.29) is 5.92 Å². The first-order valence-electron chi connectivity index (χ1n) is 9.26. The molecule has 0 saturated carbocycles. The number of likely N-dealkylation sites (N-methyl/N-ethyl adjacent to an activating group) is 1. The summed E-state index contributed by atoms with van der Waals surface area (Å²) >= 11 is 6.31. The van der Waals surface area contributed by atoms with E-state index >= 15 is 0 Å². The van der Waals surface area contributed by atoms with Gasteiger partial charge in [0.2, 0.25) is 11.9 Å². The van der Waals surface area contributed by atoms with Crippen molar-refractivity contribution in [3.8, 4) is 0 Å². The maximum Gasteiger partial charge on any atom is 0.397 e. The number of nitrogens with zero attached hydrogens (tertiary/aromatic N) is 5. The van der Waals surface area contributed by atoms with E-state index in [9.17, 15) is 14.4 Å². The number of halogens is 1. The minimum atomic E-state index is -1.24. The molecule has 0 aliphatic carbocycles. The van der Waals surface area contributed by atoms with Gasteiger partial charge in [0.1, 0.15) is 12.2 Å². The summed E-state index contributed by atoms with van der Waals surface area (Å²) in [4.78, 5) is 45.5. The van der Waals surface area contributed by atoms with Crippen molar-refractivity contribution in [1.82, 2.24) is 9.80 Å². The summed E-state index contributed by atoms with van der Waals surface area (Å²) < 4.78 is 1.85. The Bertz CT molecular complexity index is 1000. The van der Waals surface area contributed by atoms with Crippen LogP contribution >= 0.6 is 11.6 Å². The second-order valence-electron chi connectivity index (χ2n) is 7.58. The van der Waals surface area contributed by atoms with E-state index in [1.165, 1.54) is 11.9 Å². The molecule has 1 aromatic carbocycles. The molecule has 2 atom stereocenters. The van der Waals surface area contributed by atoms with Crippen molar-refractivity contribution in [1.29, 1.82) is 0 Å². The molecule has 3 aliphatic rings. The summed E-state index contributed by atoms with van der Waals surface area (Å²) in [5, 5.41) is 9.75. The number of aliphatic imine (C=N–C) groups is 1. The summed E-state index contributed by atoms with van der Waals surface area (Å²) in [6.07, 6.45) is 0. The van der Waals surface area contributed by atoms with Crippen molar-refractivity contribution >= 4 is 47.0 Å². The van der Waals surface area contributed by atoms with Crippen LogP contribution in [0.3, 0.4) is 0 Å². The molecular formula is C19H21ClN5O4+. The van der Waals surface area contributed by atoms with Gasteiger partial charge in [0, 0.05) is 23.6 Å². The number of amidine groups is 1. The lowest BCUT2D eigenvalue weighted by Crippen LogP contribution is -2.64. The lowest BCUT2D eigenvalue weighted by molar-refractivity contribution is -0.545. The fourth-order valence-electron chi connectivity index (χ4n) is 4.07. The standard InChI is InChI=1S/C19H20ClN5O4/c1-10-7-23(13-6-4-5-12(20)11(13)2)18-21-16-15(24(18)8-10)17(28)25(9-14(26)27)19(29)22(16)3/h4-6,10,15H,7-9H2,1-3H3/p+1. The lowest BCUT2D eigenvalue weighted by Gasteiger charge is -2.34. The number of fused-ring (bicyclic) bond motifs is 2. The molecule has 4 rings (SSSR count). The maximum absolute atomic E-state index is 13.1. The maximum atomic E-state index is 13.1. The van der Waals surface area contributed by atoms with E-state index < -0.39 is 30.5 Å². The average Bonchev–Trinajstić information content (AvgIpc) is 3.04. The number of hydrogen-bond acceptors (Lipinski definition) is 5. The number of carbonyl (C=O) groups is 3. The Morgan fingerprint density at radius 3 is 2.79 bits per heavy atom. The van der Waals surface area contributed by atoms with Crippen molar-refractivity contribution in [2.24, 2.45) is 10.9 Å². The Balaban J connectivity index is 1.81. The predicted octanol–water partition coefficient (Wildman–Crippen LogP) is 1.23. The summed E-state index contributed by atoms with van der Waals surface area (Å²) in [6, 6.07) is 4.11. The van der Waals surface area contributed by atoms with E-state index in [0.29, 0.717) is 29.9 Å². The number of anilines is 1. The van der Waals surface area contributed by atoms with E-state index in [0.717, 1.165) is 16.2 Å². The quantitative estimate of drug-likeness (QED) is 0.745. The molecule has 10 heteroatoms. The van der Waals surface area contributed by atoms with Crippen molar-refractivity contribution in [3.63, 3.8) is 0 Å². The molecule has 1 saturated heterocycles. The van der Waals surface area contributed by atoms with Gasteiger partial charge in [-0.25, -0.2) is 19.2 Å². The van der Waals surface area contributed by atoms with Crippen LogP contribution in [0.25, 0.3) is 0 Å². The third kappa shape index (κ3) is 2.96. The molecule has 3 heterocycles. The Morgan fingerprint density at radius 2 is 2.10 bits per heavy atom. The van der Waals surface area contributed by atoms with Gasteiger partial charge in [0.05, 0.1) is 13.1 Å². The van der Waals surface area contributed by atoms with Gasteiger partial charge in [-0.2, -0.15) is 0 Å². The van der Waals surface area contributed by atoms with Crippen molar-refractivity contribution in [2.45, 2.75) is 19.9 Å². The molecule has 9 nitrogen and oxygen atoms in total. The third-order valence-electron chi connectivity index (χ3n) is 5.46. The Kier molecular flexibility index (Phi) is 4.57. The minimum Gasteiger partial charge on any atom is -0.480 e. The van der Waals surface area contributed by atoms with Crippen LogP contribution in [-0.4, -0.2) is 81.9 Å². The molecule has 1 fully saturated rings. The topological polar surface area (TPSA) is 96.5 Å². The molecule has 0 radical (unpaired) electrons. The van der Waals surface area contributed by atoms with Crippen LogP contribution in [0.15, 0.2) is 23.2 Å². The fourth-order valence-corrected chi connectivity index (χ4v) is 4.24. The number of amides is 3. The Labute approximate surface area is 172 Å². The van der Waals surface area contributed by atoms with Crippen LogP contribution in [0.4, 0.5) is 10.5 Å².